The third kappa shape index (κ3) is 2.03. The highest BCUT2D eigenvalue weighted by Gasteiger charge is 2.37. The second-order valence-electron chi connectivity index (χ2n) is 3.96. The van der Waals surface area contributed by atoms with Gasteiger partial charge in [-0.3, -0.25) is 19.1 Å². The molecular weight excluding hydrogens is 226 g/mol. The summed E-state index contributed by atoms with van der Waals surface area (Å²) in [5, 5.41) is 12.4. The largest absolute Gasteiger partial charge is 0.480 e. The van der Waals surface area contributed by atoms with Crippen molar-refractivity contribution >= 4 is 23.5 Å². The Bertz CT molecular complexity index is 493. The minimum absolute atomic E-state index is 0.183. The number of carbonyl (C=O) groups is 3. The number of imide groups is 1. The van der Waals surface area contributed by atoms with E-state index >= 15 is 0 Å². The van der Waals surface area contributed by atoms with Gasteiger partial charge >= 0.3 is 5.97 Å². The molecule has 0 radical (unpaired) electrons. The Morgan fingerprint density at radius 2 is 2.29 bits per heavy atom. The Hall–Kier alpha value is -2.18. The van der Waals surface area contributed by atoms with E-state index in [1.165, 1.54) is 17.1 Å². The fraction of sp³-hybridized carbons (Fsp3) is 0.400. The monoisotopic (exact) mass is 237 g/mol. The standard InChI is InChI=1S/C10H11N3O4/c1-6-2-8(14)13(10(6)17)7-3-11-12(4-7)5-9(15)16/h3-4,6H,2,5H2,1H3,(H,15,16). The van der Waals surface area contributed by atoms with Crippen molar-refractivity contribution in [1.29, 1.82) is 0 Å². The molecule has 1 aromatic heterocycles. The summed E-state index contributed by atoms with van der Waals surface area (Å²) in [6.45, 7) is 1.38. The normalized spacial score (nSPS) is 20.1. The Morgan fingerprint density at radius 3 is 2.82 bits per heavy atom. The second-order valence-corrected chi connectivity index (χ2v) is 3.96. The molecule has 1 saturated heterocycles. The summed E-state index contributed by atoms with van der Waals surface area (Å²) in [7, 11) is 0. The zero-order valence-electron chi connectivity index (χ0n) is 9.16. The Kier molecular flexibility index (Phi) is 2.66. The Morgan fingerprint density at radius 1 is 1.59 bits per heavy atom. The fourth-order valence-corrected chi connectivity index (χ4v) is 1.75. The van der Waals surface area contributed by atoms with Crippen LogP contribution in [0.25, 0.3) is 0 Å². The predicted octanol–water partition coefficient (Wildman–Crippen LogP) is -0.133. The quantitative estimate of drug-likeness (QED) is 0.739. The number of carboxylic acids is 1. The summed E-state index contributed by atoms with van der Waals surface area (Å²) in [5.41, 5.74) is 0.325. The van der Waals surface area contributed by atoms with Crippen molar-refractivity contribution in [1.82, 2.24) is 9.78 Å². The van der Waals surface area contributed by atoms with Gasteiger partial charge in [-0.1, -0.05) is 6.92 Å². The van der Waals surface area contributed by atoms with Crippen molar-refractivity contribution in [2.75, 3.05) is 4.90 Å². The molecule has 0 aromatic carbocycles. The molecule has 1 aromatic rings. The van der Waals surface area contributed by atoms with Gasteiger partial charge in [-0.05, 0) is 0 Å². The van der Waals surface area contributed by atoms with E-state index in [1.54, 1.807) is 6.92 Å². The number of nitrogens with zero attached hydrogens (tertiary/aromatic N) is 3. The van der Waals surface area contributed by atoms with Gasteiger partial charge in [-0.2, -0.15) is 5.10 Å². The van der Waals surface area contributed by atoms with E-state index in [2.05, 4.69) is 5.10 Å². The first-order chi connectivity index (χ1) is 7.99. The highest BCUT2D eigenvalue weighted by atomic mass is 16.4. The van der Waals surface area contributed by atoms with Gasteiger partial charge in [-0.15, -0.1) is 0 Å². The molecule has 2 amide bonds. The van der Waals surface area contributed by atoms with E-state index in [0.717, 1.165) is 4.90 Å². The van der Waals surface area contributed by atoms with Crippen molar-refractivity contribution in [3.63, 3.8) is 0 Å². The van der Waals surface area contributed by atoms with Gasteiger partial charge < -0.3 is 5.11 Å². The van der Waals surface area contributed by atoms with Gasteiger partial charge in [-0.25, -0.2) is 4.90 Å². The molecule has 1 unspecified atom stereocenters. The van der Waals surface area contributed by atoms with Crippen LogP contribution in [0.4, 0.5) is 5.69 Å². The molecule has 0 spiro atoms. The number of rotatable bonds is 3. The minimum atomic E-state index is -1.04. The average Bonchev–Trinajstić information content (AvgIpc) is 2.73. The molecule has 7 heteroatoms. The first-order valence-corrected chi connectivity index (χ1v) is 5.10. The molecule has 1 N–H and O–H groups in total. The van der Waals surface area contributed by atoms with Crippen LogP contribution in [0, 0.1) is 5.92 Å². The number of carboxylic acid groups (broad SMARTS) is 1. The third-order valence-electron chi connectivity index (χ3n) is 2.55. The van der Waals surface area contributed by atoms with Crippen LogP contribution in [0.2, 0.25) is 0 Å². The van der Waals surface area contributed by atoms with Gasteiger partial charge in [0.25, 0.3) is 0 Å². The SMILES string of the molecule is CC1CC(=O)N(c2cnn(CC(=O)O)c2)C1=O. The molecule has 17 heavy (non-hydrogen) atoms. The van der Waals surface area contributed by atoms with Crippen LogP contribution in [0.1, 0.15) is 13.3 Å². The lowest BCUT2D eigenvalue weighted by atomic mass is 10.1. The highest BCUT2D eigenvalue weighted by Crippen LogP contribution is 2.25. The molecule has 1 fully saturated rings. The van der Waals surface area contributed by atoms with Crippen LogP contribution in [0.5, 0.6) is 0 Å². The molecule has 0 aliphatic carbocycles. The lowest BCUT2D eigenvalue weighted by Gasteiger charge is -2.10. The maximum Gasteiger partial charge on any atom is 0.325 e. The summed E-state index contributed by atoms with van der Waals surface area (Å²) in [5.74, 6) is -1.92. The summed E-state index contributed by atoms with van der Waals surface area (Å²) in [6.07, 6.45) is 2.88. The van der Waals surface area contributed by atoms with Crippen molar-refractivity contribution in [2.45, 2.75) is 19.9 Å². The number of aromatic nitrogens is 2. The number of hydrogen-bond donors (Lipinski definition) is 1. The van der Waals surface area contributed by atoms with Crippen LogP contribution < -0.4 is 4.90 Å². The molecule has 7 nitrogen and oxygen atoms in total. The van der Waals surface area contributed by atoms with Gasteiger partial charge in [0.2, 0.25) is 11.8 Å². The lowest BCUT2D eigenvalue weighted by Crippen LogP contribution is -2.29. The van der Waals surface area contributed by atoms with Crippen LogP contribution in [-0.4, -0.2) is 32.7 Å². The number of aliphatic carboxylic acids is 1. The van der Waals surface area contributed by atoms with Gasteiger partial charge in [0, 0.05) is 18.5 Å². The smallest absolute Gasteiger partial charge is 0.325 e. The van der Waals surface area contributed by atoms with E-state index in [-0.39, 0.29) is 30.7 Å². The highest BCUT2D eigenvalue weighted by molar-refractivity contribution is 6.20. The zero-order valence-corrected chi connectivity index (χ0v) is 9.16. The number of carbonyl (C=O) groups excluding carboxylic acids is 2. The maximum atomic E-state index is 11.7. The summed E-state index contributed by atoms with van der Waals surface area (Å²) in [6, 6.07) is 0. The van der Waals surface area contributed by atoms with Crippen LogP contribution in [-0.2, 0) is 20.9 Å². The topological polar surface area (TPSA) is 92.5 Å². The van der Waals surface area contributed by atoms with Crippen molar-refractivity contribution < 1.29 is 19.5 Å². The van der Waals surface area contributed by atoms with Crippen LogP contribution in [0.15, 0.2) is 12.4 Å². The Balaban J connectivity index is 2.23. The third-order valence-corrected chi connectivity index (χ3v) is 2.55. The summed E-state index contributed by atoms with van der Waals surface area (Å²) < 4.78 is 1.17. The molecule has 1 aliphatic rings. The predicted molar refractivity (Wildman–Crippen MR) is 56.1 cm³/mol. The first-order valence-electron chi connectivity index (χ1n) is 5.10. The lowest BCUT2D eigenvalue weighted by molar-refractivity contribution is -0.137. The number of hydrogen-bond acceptors (Lipinski definition) is 4. The van der Waals surface area contributed by atoms with Crippen molar-refractivity contribution in [3.8, 4) is 0 Å². The second kappa shape index (κ2) is 4.00. The zero-order chi connectivity index (χ0) is 12.6. The molecule has 1 aliphatic heterocycles. The van der Waals surface area contributed by atoms with E-state index in [9.17, 15) is 14.4 Å². The first kappa shape index (κ1) is 11.3. The fourth-order valence-electron chi connectivity index (χ4n) is 1.75. The molecule has 0 bridgehead atoms. The molecule has 2 heterocycles. The Labute approximate surface area is 96.6 Å². The van der Waals surface area contributed by atoms with E-state index in [4.69, 9.17) is 5.11 Å². The number of anilines is 1. The van der Waals surface area contributed by atoms with Gasteiger partial charge in [0.1, 0.15) is 6.54 Å². The van der Waals surface area contributed by atoms with Crippen molar-refractivity contribution in [3.05, 3.63) is 12.4 Å². The molecular formula is C10H11N3O4. The van der Waals surface area contributed by atoms with Gasteiger partial charge in [0.05, 0.1) is 11.9 Å². The minimum Gasteiger partial charge on any atom is -0.480 e. The van der Waals surface area contributed by atoms with Crippen LogP contribution in [0.3, 0.4) is 0 Å². The van der Waals surface area contributed by atoms with Gasteiger partial charge in [0.15, 0.2) is 0 Å². The van der Waals surface area contributed by atoms with E-state index < -0.39 is 5.97 Å². The molecule has 90 valence electrons. The molecule has 1 atom stereocenters. The average molecular weight is 237 g/mol. The van der Waals surface area contributed by atoms with Crippen molar-refractivity contribution in [2.24, 2.45) is 5.92 Å². The maximum absolute atomic E-state index is 11.7. The number of amides is 2. The summed E-state index contributed by atoms with van der Waals surface area (Å²) >= 11 is 0. The molecule has 2 rings (SSSR count). The van der Waals surface area contributed by atoms with E-state index in [1.807, 2.05) is 0 Å². The molecule has 0 saturated carbocycles. The van der Waals surface area contributed by atoms with E-state index in [0.29, 0.717) is 5.69 Å². The van der Waals surface area contributed by atoms with Crippen LogP contribution >= 0.6 is 0 Å². The summed E-state index contributed by atoms with van der Waals surface area (Å²) in [4.78, 5) is 34.8.